The van der Waals surface area contributed by atoms with Crippen molar-refractivity contribution in [1.82, 2.24) is 0 Å². The Morgan fingerprint density at radius 1 is 1.25 bits per heavy atom. The maximum Gasteiger partial charge on any atom is 0 e. The number of rotatable bonds is 0. The molecule has 0 aliphatic rings. The summed E-state index contributed by atoms with van der Waals surface area (Å²) < 4.78 is 0. The fourth-order valence-corrected chi connectivity index (χ4v) is 0. The van der Waals surface area contributed by atoms with Crippen molar-refractivity contribution in [3.05, 3.63) is 0 Å². The third-order valence-electron chi connectivity index (χ3n) is 0. The minimum absolute atomic E-state index is 0. The second kappa shape index (κ2) is 8.83. The van der Waals surface area contributed by atoms with Crippen molar-refractivity contribution in [3.63, 3.8) is 0 Å². The van der Waals surface area contributed by atoms with Crippen LogP contribution in [0.4, 0.5) is 0 Å². The molecular weight excluding hydrogens is 134 g/mol. The maximum absolute atomic E-state index is 4.76. The summed E-state index contributed by atoms with van der Waals surface area (Å²) in [5, 5.41) is 0. The van der Waals surface area contributed by atoms with E-state index in [4.69, 9.17) is 20.2 Å². The first-order valence-corrected chi connectivity index (χ1v) is 3.31. The third-order valence-corrected chi connectivity index (χ3v) is 0. The SMILES string of the molecule is [Cl][Fe][Cl].[Li]. The summed E-state index contributed by atoms with van der Waals surface area (Å²) in [7, 11) is 9.53. The minimum atomic E-state index is 0. The Hall–Kier alpha value is 1.70. The van der Waals surface area contributed by atoms with Gasteiger partial charge in [-0.25, -0.2) is 0 Å². The zero-order valence-electron chi connectivity index (χ0n) is 2.11. The van der Waals surface area contributed by atoms with Crippen molar-refractivity contribution < 1.29 is 13.1 Å². The van der Waals surface area contributed by atoms with Gasteiger partial charge in [0.1, 0.15) is 0 Å². The zero-order chi connectivity index (χ0) is 2.71. The molecular formula is Cl2FeLi. The van der Waals surface area contributed by atoms with Crippen LogP contribution in [0, 0.1) is 0 Å². The van der Waals surface area contributed by atoms with Gasteiger partial charge in [-0.05, 0) is 0 Å². The van der Waals surface area contributed by atoms with E-state index in [1.807, 2.05) is 0 Å². The van der Waals surface area contributed by atoms with E-state index in [9.17, 15) is 0 Å². The van der Waals surface area contributed by atoms with Gasteiger partial charge in [0.25, 0.3) is 0 Å². The Morgan fingerprint density at radius 2 is 1.25 bits per heavy atom. The Bertz CT molecular complexity index is 6.00. The fraction of sp³-hybridized carbons (Fsp3) is 0. The van der Waals surface area contributed by atoms with Crippen molar-refractivity contribution in [2.75, 3.05) is 0 Å². The van der Waals surface area contributed by atoms with Crippen LogP contribution in [-0.4, -0.2) is 18.9 Å². The molecule has 0 rings (SSSR count). The molecule has 0 unspecified atom stereocenters. The molecule has 4 heteroatoms. The first-order valence-electron chi connectivity index (χ1n) is 0.267. The fourth-order valence-electron chi connectivity index (χ4n) is 0. The van der Waals surface area contributed by atoms with Crippen LogP contribution in [0.25, 0.3) is 0 Å². The van der Waals surface area contributed by atoms with E-state index in [1.54, 1.807) is 0 Å². The van der Waals surface area contributed by atoms with Gasteiger partial charge in [0.05, 0.1) is 0 Å². The van der Waals surface area contributed by atoms with Crippen molar-refractivity contribution in [3.8, 4) is 0 Å². The minimum Gasteiger partial charge on any atom is 0 e. The molecule has 0 spiro atoms. The second-order valence-corrected chi connectivity index (χ2v) is 1.87. The van der Waals surface area contributed by atoms with E-state index in [0.29, 0.717) is 0 Å². The molecule has 0 bridgehead atoms. The number of halogens is 2. The predicted octanol–water partition coefficient (Wildman–Crippen LogP) is 0.996. The summed E-state index contributed by atoms with van der Waals surface area (Å²) in [6.07, 6.45) is 0. The first kappa shape index (κ1) is 9.20. The molecule has 0 heterocycles. The van der Waals surface area contributed by atoms with E-state index in [-0.39, 0.29) is 32.0 Å². The Kier molecular flexibility index (Phi) is 20.3. The quantitative estimate of drug-likeness (QED) is 0.433. The molecule has 0 aliphatic heterocycles. The van der Waals surface area contributed by atoms with Gasteiger partial charge in [0.15, 0.2) is 0 Å². The van der Waals surface area contributed by atoms with E-state index in [0.717, 1.165) is 0 Å². The molecule has 0 nitrogen and oxygen atoms in total. The van der Waals surface area contributed by atoms with Gasteiger partial charge in [-0.3, -0.25) is 0 Å². The van der Waals surface area contributed by atoms with Crippen LogP contribution >= 0.6 is 20.2 Å². The molecule has 0 amide bonds. The largest absolute Gasteiger partial charge is 0 e. The van der Waals surface area contributed by atoms with E-state index in [1.165, 1.54) is 0 Å². The van der Waals surface area contributed by atoms with Crippen LogP contribution < -0.4 is 0 Å². The van der Waals surface area contributed by atoms with Crippen molar-refractivity contribution >= 4 is 39.1 Å². The molecule has 0 saturated carbocycles. The Labute approximate surface area is 52.0 Å². The molecule has 1 radical (unpaired) electrons. The molecule has 4 heavy (non-hydrogen) atoms. The van der Waals surface area contributed by atoms with E-state index < -0.39 is 0 Å². The zero-order valence-corrected chi connectivity index (χ0v) is 4.73. The number of hydrogen-bond acceptors (Lipinski definition) is 0. The summed E-state index contributed by atoms with van der Waals surface area (Å²) in [5.41, 5.74) is 0. The maximum atomic E-state index is 4.76. The topological polar surface area (TPSA) is 0 Å². The predicted molar refractivity (Wildman–Crippen MR) is 17.5 cm³/mol. The Morgan fingerprint density at radius 3 is 1.25 bits per heavy atom. The summed E-state index contributed by atoms with van der Waals surface area (Å²) in [4.78, 5) is 0. The molecule has 0 aromatic rings. The standard InChI is InChI=1S/2ClH.Fe.Li/h2*1H;;/q;;+2;/p-2. The van der Waals surface area contributed by atoms with Crippen LogP contribution in [0.15, 0.2) is 0 Å². The molecule has 23 valence electrons. The summed E-state index contributed by atoms with van der Waals surface area (Å²) in [6, 6.07) is 0. The molecule has 0 atom stereocenters. The molecule has 0 aliphatic carbocycles. The average molecular weight is 134 g/mol. The van der Waals surface area contributed by atoms with Crippen LogP contribution in [-0.2, 0) is 13.1 Å². The van der Waals surface area contributed by atoms with Gasteiger partial charge >= 0.3 is 33.3 Å². The van der Waals surface area contributed by atoms with Crippen molar-refractivity contribution in [1.29, 1.82) is 0 Å². The van der Waals surface area contributed by atoms with Gasteiger partial charge < -0.3 is 0 Å². The summed E-state index contributed by atoms with van der Waals surface area (Å²) in [6.45, 7) is 0. The van der Waals surface area contributed by atoms with E-state index in [2.05, 4.69) is 0 Å². The third kappa shape index (κ3) is 9.34. The van der Waals surface area contributed by atoms with E-state index >= 15 is 0 Å². The summed E-state index contributed by atoms with van der Waals surface area (Å²) >= 11 is 0.194. The molecule has 0 aromatic heterocycles. The molecule has 0 N–H and O–H groups in total. The van der Waals surface area contributed by atoms with Crippen LogP contribution in [0.2, 0.25) is 0 Å². The second-order valence-electron chi connectivity index (χ2n) is 0.0505. The van der Waals surface area contributed by atoms with Crippen molar-refractivity contribution in [2.24, 2.45) is 0 Å². The monoisotopic (exact) mass is 133 g/mol. The molecule has 0 saturated heterocycles. The van der Waals surface area contributed by atoms with Crippen LogP contribution in [0.1, 0.15) is 0 Å². The molecule has 0 aromatic carbocycles. The van der Waals surface area contributed by atoms with Gasteiger partial charge in [-0.2, -0.15) is 0 Å². The normalized spacial score (nSPS) is 5.50. The van der Waals surface area contributed by atoms with Crippen LogP contribution in [0.5, 0.6) is 0 Å². The first-order chi connectivity index (χ1) is 1.41. The smallest absolute Gasteiger partial charge is 0 e. The van der Waals surface area contributed by atoms with Crippen LogP contribution in [0.3, 0.4) is 0 Å². The number of hydrogen-bond donors (Lipinski definition) is 0. The molecule has 0 fully saturated rings. The van der Waals surface area contributed by atoms with Gasteiger partial charge in [-0.15, -0.1) is 0 Å². The Balaban J connectivity index is 0. The van der Waals surface area contributed by atoms with Crippen molar-refractivity contribution in [2.45, 2.75) is 0 Å². The summed E-state index contributed by atoms with van der Waals surface area (Å²) in [5.74, 6) is 0. The average Bonchev–Trinajstić information content (AvgIpc) is 0.918. The van der Waals surface area contributed by atoms with Gasteiger partial charge in [0.2, 0.25) is 0 Å². The van der Waals surface area contributed by atoms with Gasteiger partial charge in [0, 0.05) is 18.9 Å². The van der Waals surface area contributed by atoms with Gasteiger partial charge in [-0.1, -0.05) is 0 Å².